The topological polar surface area (TPSA) is 136 Å². The number of nitrogens with zero attached hydrogens (tertiary/aromatic N) is 1. The molecule has 0 aromatic heterocycles. The van der Waals surface area contributed by atoms with Crippen molar-refractivity contribution < 1.29 is 33.7 Å². The zero-order valence-corrected chi connectivity index (χ0v) is 15.2. The van der Waals surface area contributed by atoms with Crippen molar-refractivity contribution in [2.75, 3.05) is 33.5 Å². The molecule has 3 N–H and O–H groups in total. The number of amides is 2. The molecule has 1 aromatic carbocycles. The number of ether oxygens (including phenoxy) is 3. The molecule has 148 valence electrons. The summed E-state index contributed by atoms with van der Waals surface area (Å²) >= 11 is 0. The molecule has 0 aliphatic carbocycles. The van der Waals surface area contributed by atoms with Crippen molar-refractivity contribution in [1.82, 2.24) is 10.7 Å². The van der Waals surface area contributed by atoms with E-state index in [1.54, 1.807) is 26.2 Å². The van der Waals surface area contributed by atoms with Gasteiger partial charge in [-0.05, 0) is 37.1 Å². The smallest absolute Gasteiger partial charge is 0.341 e. The van der Waals surface area contributed by atoms with Crippen LogP contribution >= 0.6 is 0 Å². The molecular weight excluding hydrogens is 358 g/mol. The number of carbonyl (C=O) groups excluding carboxylic acids is 2. The van der Waals surface area contributed by atoms with Crippen molar-refractivity contribution in [3.05, 3.63) is 23.8 Å². The average Bonchev–Trinajstić information content (AvgIpc) is 2.64. The average molecular weight is 381 g/mol. The zero-order valence-electron chi connectivity index (χ0n) is 15.2. The van der Waals surface area contributed by atoms with Crippen molar-refractivity contribution in [2.24, 2.45) is 5.10 Å². The van der Waals surface area contributed by atoms with Crippen LogP contribution in [0.3, 0.4) is 0 Å². The number of rotatable bonds is 11. The number of hydrogen-bond acceptors (Lipinski definition) is 7. The minimum atomic E-state index is -1.11. The Balaban J connectivity index is 2.61. The Morgan fingerprint density at radius 3 is 2.63 bits per heavy atom. The maximum atomic E-state index is 11.6. The molecule has 0 saturated heterocycles. The number of carboxylic acids is 1. The lowest BCUT2D eigenvalue weighted by Gasteiger charge is -2.11. The Bertz CT molecular complexity index is 676. The second kappa shape index (κ2) is 12.3. The van der Waals surface area contributed by atoms with E-state index in [4.69, 9.17) is 19.3 Å². The van der Waals surface area contributed by atoms with E-state index < -0.39 is 24.4 Å². The lowest BCUT2D eigenvalue weighted by molar-refractivity contribution is -0.139. The first-order valence-corrected chi connectivity index (χ1v) is 8.19. The van der Waals surface area contributed by atoms with Gasteiger partial charge in [0.2, 0.25) is 0 Å². The molecule has 0 unspecified atom stereocenters. The van der Waals surface area contributed by atoms with Gasteiger partial charge in [-0.15, -0.1) is 0 Å². The normalized spacial score (nSPS) is 10.4. The molecule has 0 heterocycles. The Kier molecular flexibility index (Phi) is 9.94. The SMILES string of the molecule is CCOc1cc(/C=N\NC(=O)C(=O)NCCCOC)ccc1OCC(=O)O. The molecular formula is C17H23N3O7. The van der Waals surface area contributed by atoms with Gasteiger partial charge in [-0.25, -0.2) is 10.2 Å². The fourth-order valence-electron chi connectivity index (χ4n) is 1.85. The van der Waals surface area contributed by atoms with E-state index in [1.165, 1.54) is 12.3 Å². The highest BCUT2D eigenvalue weighted by atomic mass is 16.5. The Morgan fingerprint density at radius 1 is 1.19 bits per heavy atom. The van der Waals surface area contributed by atoms with Crippen molar-refractivity contribution >= 4 is 24.0 Å². The molecule has 2 amide bonds. The molecule has 0 bridgehead atoms. The number of aliphatic carboxylic acids is 1. The molecule has 0 aliphatic rings. The lowest BCUT2D eigenvalue weighted by Crippen LogP contribution is -2.38. The maximum absolute atomic E-state index is 11.6. The van der Waals surface area contributed by atoms with E-state index in [1.807, 2.05) is 0 Å². The van der Waals surface area contributed by atoms with Crippen molar-refractivity contribution in [2.45, 2.75) is 13.3 Å². The molecule has 0 spiro atoms. The van der Waals surface area contributed by atoms with Gasteiger partial charge in [0, 0.05) is 20.3 Å². The summed E-state index contributed by atoms with van der Waals surface area (Å²) in [6, 6.07) is 4.70. The molecule has 0 atom stereocenters. The minimum absolute atomic E-state index is 0.274. The van der Waals surface area contributed by atoms with Gasteiger partial charge in [0.25, 0.3) is 0 Å². The van der Waals surface area contributed by atoms with E-state index >= 15 is 0 Å². The maximum Gasteiger partial charge on any atom is 0.341 e. The van der Waals surface area contributed by atoms with E-state index in [2.05, 4.69) is 15.8 Å². The number of hydrogen-bond donors (Lipinski definition) is 3. The number of carboxylic acid groups (broad SMARTS) is 1. The number of methoxy groups -OCH3 is 1. The van der Waals surface area contributed by atoms with Crippen LogP contribution in [-0.2, 0) is 19.1 Å². The summed E-state index contributed by atoms with van der Waals surface area (Å²) < 4.78 is 15.4. The van der Waals surface area contributed by atoms with Crippen LogP contribution in [0.25, 0.3) is 0 Å². The number of benzene rings is 1. The third kappa shape index (κ3) is 8.68. The zero-order chi connectivity index (χ0) is 20.1. The van der Waals surface area contributed by atoms with Gasteiger partial charge >= 0.3 is 17.8 Å². The van der Waals surface area contributed by atoms with Gasteiger partial charge in [0.15, 0.2) is 18.1 Å². The molecule has 27 heavy (non-hydrogen) atoms. The Labute approximate surface area is 156 Å². The fourth-order valence-corrected chi connectivity index (χ4v) is 1.85. The summed E-state index contributed by atoms with van der Waals surface area (Å²) in [7, 11) is 1.55. The van der Waals surface area contributed by atoms with Gasteiger partial charge in [-0.3, -0.25) is 9.59 Å². The summed E-state index contributed by atoms with van der Waals surface area (Å²) in [6.07, 6.45) is 1.91. The number of hydrazone groups is 1. The van der Waals surface area contributed by atoms with E-state index in [0.29, 0.717) is 37.5 Å². The molecule has 0 aliphatic heterocycles. The van der Waals surface area contributed by atoms with Gasteiger partial charge in [-0.1, -0.05) is 0 Å². The first kappa shape index (κ1) is 21.9. The van der Waals surface area contributed by atoms with Crippen LogP contribution in [0.5, 0.6) is 11.5 Å². The largest absolute Gasteiger partial charge is 0.490 e. The second-order valence-corrected chi connectivity index (χ2v) is 5.12. The summed E-state index contributed by atoms with van der Waals surface area (Å²) in [5.74, 6) is -2.18. The summed E-state index contributed by atoms with van der Waals surface area (Å²) in [4.78, 5) is 33.7. The first-order valence-electron chi connectivity index (χ1n) is 8.19. The third-order valence-electron chi connectivity index (χ3n) is 3.02. The molecule has 10 nitrogen and oxygen atoms in total. The molecule has 1 aromatic rings. The Morgan fingerprint density at radius 2 is 1.96 bits per heavy atom. The quantitative estimate of drug-likeness (QED) is 0.215. The van der Waals surface area contributed by atoms with Crippen molar-refractivity contribution in [1.29, 1.82) is 0 Å². The van der Waals surface area contributed by atoms with Crippen molar-refractivity contribution in [3.63, 3.8) is 0 Å². The first-order chi connectivity index (χ1) is 13.0. The van der Waals surface area contributed by atoms with Gasteiger partial charge in [0.05, 0.1) is 12.8 Å². The van der Waals surface area contributed by atoms with E-state index in [-0.39, 0.29) is 5.75 Å². The summed E-state index contributed by atoms with van der Waals surface area (Å²) in [5.41, 5.74) is 2.67. The van der Waals surface area contributed by atoms with Crippen LogP contribution in [0, 0.1) is 0 Å². The highest BCUT2D eigenvalue weighted by Crippen LogP contribution is 2.28. The van der Waals surface area contributed by atoms with E-state index in [9.17, 15) is 14.4 Å². The molecule has 10 heteroatoms. The highest BCUT2D eigenvalue weighted by Gasteiger charge is 2.11. The fraction of sp³-hybridized carbons (Fsp3) is 0.412. The monoisotopic (exact) mass is 381 g/mol. The minimum Gasteiger partial charge on any atom is -0.490 e. The van der Waals surface area contributed by atoms with E-state index in [0.717, 1.165) is 0 Å². The third-order valence-corrected chi connectivity index (χ3v) is 3.02. The van der Waals surface area contributed by atoms with Crippen LogP contribution in [0.15, 0.2) is 23.3 Å². The summed E-state index contributed by atoms with van der Waals surface area (Å²) in [6.45, 7) is 2.42. The number of carbonyl (C=O) groups is 3. The Hall–Kier alpha value is -3.14. The van der Waals surface area contributed by atoms with Crippen LogP contribution < -0.4 is 20.2 Å². The van der Waals surface area contributed by atoms with Crippen LogP contribution in [-0.4, -0.2) is 62.6 Å². The van der Waals surface area contributed by atoms with Gasteiger partial charge in [0.1, 0.15) is 0 Å². The predicted molar refractivity (Wildman–Crippen MR) is 96.0 cm³/mol. The molecule has 0 radical (unpaired) electrons. The highest BCUT2D eigenvalue weighted by molar-refractivity contribution is 6.35. The predicted octanol–water partition coefficient (Wildman–Crippen LogP) is 0.152. The molecule has 0 fully saturated rings. The van der Waals surface area contributed by atoms with Crippen LogP contribution in [0.1, 0.15) is 18.9 Å². The van der Waals surface area contributed by atoms with Crippen molar-refractivity contribution in [3.8, 4) is 11.5 Å². The van der Waals surface area contributed by atoms with Crippen LogP contribution in [0.2, 0.25) is 0 Å². The number of nitrogens with one attached hydrogen (secondary N) is 2. The molecule has 1 rings (SSSR count). The second-order valence-electron chi connectivity index (χ2n) is 5.12. The summed E-state index contributed by atoms with van der Waals surface area (Å²) in [5, 5.41) is 14.8. The molecule has 0 saturated carbocycles. The van der Waals surface area contributed by atoms with Gasteiger partial charge in [-0.2, -0.15) is 5.10 Å². The standard InChI is InChI=1S/C17H23N3O7/c1-3-26-14-9-12(5-6-13(14)27-11-15(21)22)10-19-20-17(24)16(23)18-7-4-8-25-2/h5-6,9-10H,3-4,7-8,11H2,1-2H3,(H,18,23)(H,20,24)(H,21,22)/b19-10-. The van der Waals surface area contributed by atoms with Crippen LogP contribution in [0.4, 0.5) is 0 Å². The van der Waals surface area contributed by atoms with Gasteiger partial charge < -0.3 is 24.6 Å². The lowest BCUT2D eigenvalue weighted by atomic mass is 10.2.